The van der Waals surface area contributed by atoms with Crippen LogP contribution in [0.4, 0.5) is 0 Å². The normalized spacial score (nSPS) is 14.8. The number of para-hydroxylation sites is 1. The molecule has 0 spiro atoms. The Kier molecular flexibility index (Phi) is 6.83. The van der Waals surface area contributed by atoms with Gasteiger partial charge in [-0.05, 0) is 48.9 Å². The maximum atomic E-state index is 13.2. The maximum Gasteiger partial charge on any atom is 0.266 e. The third kappa shape index (κ3) is 5.08. The number of thiocarbonyl (C=S) groups is 1. The zero-order valence-corrected chi connectivity index (χ0v) is 20.7. The van der Waals surface area contributed by atoms with Crippen molar-refractivity contribution in [2.75, 3.05) is 6.61 Å². The van der Waals surface area contributed by atoms with Crippen molar-refractivity contribution in [1.29, 1.82) is 0 Å². The summed E-state index contributed by atoms with van der Waals surface area (Å²) in [5, 5.41) is 4.87. The molecule has 0 N–H and O–H groups in total. The van der Waals surface area contributed by atoms with Gasteiger partial charge in [0.2, 0.25) is 0 Å². The van der Waals surface area contributed by atoms with Crippen LogP contribution < -0.4 is 4.74 Å². The number of furan rings is 1. The number of thioether (sulfide) groups is 1. The zero-order chi connectivity index (χ0) is 24.2. The molecule has 1 aliphatic rings. The molecule has 0 bridgehead atoms. The van der Waals surface area contributed by atoms with E-state index in [1.54, 1.807) is 17.2 Å². The minimum atomic E-state index is -0.144. The van der Waals surface area contributed by atoms with Gasteiger partial charge in [0.25, 0.3) is 5.91 Å². The Bertz CT molecular complexity index is 1380. The third-order valence-corrected chi connectivity index (χ3v) is 6.78. The van der Waals surface area contributed by atoms with Gasteiger partial charge in [0, 0.05) is 17.3 Å². The molecular formula is C27H23N3O3S2. The fourth-order valence-electron chi connectivity index (χ4n) is 3.72. The van der Waals surface area contributed by atoms with Crippen LogP contribution >= 0.6 is 24.0 Å². The highest BCUT2D eigenvalue weighted by Crippen LogP contribution is 2.36. The number of amides is 1. The van der Waals surface area contributed by atoms with E-state index in [0.29, 0.717) is 28.1 Å². The van der Waals surface area contributed by atoms with Gasteiger partial charge in [0.1, 0.15) is 21.5 Å². The predicted octanol–water partition coefficient (Wildman–Crippen LogP) is 6.32. The van der Waals surface area contributed by atoms with Crippen LogP contribution in [0.1, 0.15) is 24.7 Å². The number of aromatic nitrogens is 2. The lowest BCUT2D eigenvalue weighted by molar-refractivity contribution is -0.122. The second-order valence-electron chi connectivity index (χ2n) is 7.94. The standard InChI is InChI=1S/C27H23N3O3S2/c1-2-13-32-22-11-6-8-19(15-22)25-20(17-30(28-25)21-9-4-3-5-10-21)16-24-26(31)29(27(34)35-24)18-23-12-7-14-33-23/h3-12,14-17H,2,13,18H2,1H3. The molecule has 0 saturated carbocycles. The fraction of sp³-hybridized carbons (Fsp3) is 0.148. The molecular weight excluding hydrogens is 478 g/mol. The van der Waals surface area contributed by atoms with Crippen LogP contribution in [0.2, 0.25) is 0 Å². The van der Waals surface area contributed by atoms with Crippen LogP contribution in [0.15, 0.2) is 88.5 Å². The smallest absolute Gasteiger partial charge is 0.266 e. The molecule has 4 aromatic rings. The minimum Gasteiger partial charge on any atom is -0.494 e. The molecule has 6 nitrogen and oxygen atoms in total. The maximum absolute atomic E-state index is 13.2. The molecule has 1 aliphatic heterocycles. The molecule has 0 radical (unpaired) electrons. The summed E-state index contributed by atoms with van der Waals surface area (Å²) in [7, 11) is 0. The highest BCUT2D eigenvalue weighted by molar-refractivity contribution is 8.26. The molecule has 8 heteroatoms. The summed E-state index contributed by atoms with van der Waals surface area (Å²) in [5.41, 5.74) is 3.41. The van der Waals surface area contributed by atoms with Crippen LogP contribution in [-0.4, -0.2) is 31.5 Å². The number of nitrogens with zero attached hydrogens (tertiary/aromatic N) is 3. The Morgan fingerprint density at radius 1 is 1.11 bits per heavy atom. The van der Waals surface area contributed by atoms with E-state index in [9.17, 15) is 4.79 Å². The van der Waals surface area contributed by atoms with E-state index >= 15 is 0 Å². The first kappa shape index (κ1) is 23.1. The van der Waals surface area contributed by atoms with Gasteiger partial charge >= 0.3 is 0 Å². The Morgan fingerprint density at radius 2 is 1.97 bits per heavy atom. The number of hydrogen-bond acceptors (Lipinski definition) is 6. The molecule has 176 valence electrons. The Morgan fingerprint density at radius 3 is 2.74 bits per heavy atom. The van der Waals surface area contributed by atoms with Crippen molar-refractivity contribution >= 4 is 40.3 Å². The van der Waals surface area contributed by atoms with Gasteiger partial charge in [-0.15, -0.1) is 0 Å². The molecule has 1 amide bonds. The van der Waals surface area contributed by atoms with Gasteiger partial charge in [0.05, 0.1) is 30.0 Å². The summed E-state index contributed by atoms with van der Waals surface area (Å²) in [6.07, 6.45) is 6.31. The number of benzene rings is 2. The summed E-state index contributed by atoms with van der Waals surface area (Å²) < 4.78 is 13.6. The highest BCUT2D eigenvalue weighted by Gasteiger charge is 2.33. The first-order valence-corrected chi connectivity index (χ1v) is 12.5. The molecule has 1 saturated heterocycles. The van der Waals surface area contributed by atoms with Gasteiger partial charge in [0.15, 0.2) is 0 Å². The minimum absolute atomic E-state index is 0.144. The first-order valence-electron chi connectivity index (χ1n) is 11.3. The van der Waals surface area contributed by atoms with Crippen molar-refractivity contribution in [2.45, 2.75) is 19.9 Å². The van der Waals surface area contributed by atoms with Crippen molar-refractivity contribution in [1.82, 2.24) is 14.7 Å². The van der Waals surface area contributed by atoms with Gasteiger partial charge in [-0.1, -0.05) is 61.2 Å². The summed E-state index contributed by atoms with van der Waals surface area (Å²) in [6, 6.07) is 21.4. The summed E-state index contributed by atoms with van der Waals surface area (Å²) >= 11 is 6.79. The van der Waals surface area contributed by atoms with Crippen molar-refractivity contribution in [3.63, 3.8) is 0 Å². The molecule has 2 aromatic heterocycles. The van der Waals surface area contributed by atoms with Crippen LogP contribution in [0, 0.1) is 0 Å². The summed E-state index contributed by atoms with van der Waals surface area (Å²) in [6.45, 7) is 3.03. The molecule has 5 rings (SSSR count). The van der Waals surface area contributed by atoms with E-state index in [2.05, 4.69) is 6.92 Å². The second kappa shape index (κ2) is 10.3. The first-order chi connectivity index (χ1) is 17.1. The Balaban J connectivity index is 1.53. The predicted molar refractivity (Wildman–Crippen MR) is 142 cm³/mol. The van der Waals surface area contributed by atoms with Crippen LogP contribution in [0.5, 0.6) is 5.75 Å². The average Bonchev–Trinajstić information content (AvgIpc) is 3.61. The van der Waals surface area contributed by atoms with E-state index in [0.717, 1.165) is 34.7 Å². The third-order valence-electron chi connectivity index (χ3n) is 5.40. The second-order valence-corrected chi connectivity index (χ2v) is 9.61. The van der Waals surface area contributed by atoms with Crippen LogP contribution in [-0.2, 0) is 11.3 Å². The molecule has 3 heterocycles. The lowest BCUT2D eigenvalue weighted by Crippen LogP contribution is -2.27. The van der Waals surface area contributed by atoms with Crippen LogP contribution in [0.25, 0.3) is 23.0 Å². The van der Waals surface area contributed by atoms with E-state index in [1.165, 1.54) is 11.8 Å². The van der Waals surface area contributed by atoms with Gasteiger partial charge < -0.3 is 9.15 Å². The summed E-state index contributed by atoms with van der Waals surface area (Å²) in [5.74, 6) is 1.33. The number of rotatable bonds is 8. The summed E-state index contributed by atoms with van der Waals surface area (Å²) in [4.78, 5) is 15.3. The van der Waals surface area contributed by atoms with Crippen molar-refractivity contribution in [3.8, 4) is 22.7 Å². The fourth-order valence-corrected chi connectivity index (χ4v) is 4.97. The lowest BCUT2D eigenvalue weighted by Gasteiger charge is -2.11. The van der Waals surface area contributed by atoms with E-state index in [-0.39, 0.29) is 5.91 Å². The van der Waals surface area contributed by atoms with Crippen LogP contribution in [0.3, 0.4) is 0 Å². The van der Waals surface area contributed by atoms with E-state index in [1.807, 2.05) is 77.6 Å². The topological polar surface area (TPSA) is 60.5 Å². The highest BCUT2D eigenvalue weighted by atomic mass is 32.2. The number of carbonyl (C=O) groups excluding carboxylic acids is 1. The molecule has 0 atom stereocenters. The molecule has 35 heavy (non-hydrogen) atoms. The molecule has 1 fully saturated rings. The van der Waals surface area contributed by atoms with Gasteiger partial charge in [-0.3, -0.25) is 9.69 Å². The Hall–Kier alpha value is -3.62. The largest absolute Gasteiger partial charge is 0.494 e. The zero-order valence-electron chi connectivity index (χ0n) is 19.1. The number of ether oxygens (including phenoxy) is 1. The molecule has 0 unspecified atom stereocenters. The van der Waals surface area contributed by atoms with Crippen molar-refractivity contribution in [2.24, 2.45) is 0 Å². The average molecular weight is 502 g/mol. The molecule has 2 aromatic carbocycles. The molecule has 0 aliphatic carbocycles. The van der Waals surface area contributed by atoms with Crippen molar-refractivity contribution < 1.29 is 13.9 Å². The number of hydrogen-bond donors (Lipinski definition) is 0. The van der Waals surface area contributed by atoms with Crippen molar-refractivity contribution in [3.05, 3.63) is 95.4 Å². The Labute approximate surface area is 213 Å². The van der Waals surface area contributed by atoms with E-state index < -0.39 is 0 Å². The SMILES string of the molecule is CCCOc1cccc(-c2nn(-c3ccccc3)cc2C=C2SC(=S)N(Cc3ccco3)C2=O)c1. The van der Waals surface area contributed by atoms with Gasteiger partial charge in [-0.2, -0.15) is 5.10 Å². The lowest BCUT2D eigenvalue weighted by atomic mass is 10.1. The monoisotopic (exact) mass is 501 g/mol. The van der Waals surface area contributed by atoms with E-state index in [4.69, 9.17) is 26.5 Å². The number of carbonyl (C=O) groups is 1. The van der Waals surface area contributed by atoms with Gasteiger partial charge in [-0.25, -0.2) is 4.68 Å². The quantitative estimate of drug-likeness (QED) is 0.208.